The lowest BCUT2D eigenvalue weighted by atomic mass is 10.0. The van der Waals surface area contributed by atoms with E-state index in [2.05, 4.69) is 17.4 Å². The lowest BCUT2D eigenvalue weighted by Crippen LogP contribution is -2.44. The molecule has 0 aromatic heterocycles. The molecule has 0 heterocycles. The van der Waals surface area contributed by atoms with Crippen molar-refractivity contribution in [2.45, 2.75) is 49.4 Å². The first-order valence-electron chi connectivity index (χ1n) is 7.82. The number of benzene rings is 1. The van der Waals surface area contributed by atoms with E-state index < -0.39 is 5.60 Å². The fourth-order valence-electron chi connectivity index (χ4n) is 3.36. The highest BCUT2D eigenvalue weighted by atomic mass is 32.2. The fourth-order valence-corrected chi connectivity index (χ4v) is 4.52. The van der Waals surface area contributed by atoms with Gasteiger partial charge in [0.25, 0.3) is 0 Å². The lowest BCUT2D eigenvalue weighted by Gasteiger charge is -2.22. The van der Waals surface area contributed by atoms with Gasteiger partial charge in [0.2, 0.25) is 5.91 Å². The molecule has 4 heteroatoms. The maximum Gasteiger partial charge on any atom is 0.230 e. The third-order valence-corrected chi connectivity index (χ3v) is 5.90. The molecule has 1 fully saturated rings. The number of nitrogens with one attached hydrogen (secondary N) is 1. The van der Waals surface area contributed by atoms with Gasteiger partial charge in [0.05, 0.1) is 11.4 Å². The van der Waals surface area contributed by atoms with Crippen molar-refractivity contribution in [3.8, 4) is 0 Å². The number of hydrogen-bond acceptors (Lipinski definition) is 3. The summed E-state index contributed by atoms with van der Waals surface area (Å²) in [5.41, 5.74) is 1.60. The summed E-state index contributed by atoms with van der Waals surface area (Å²) in [4.78, 5) is 11.9. The monoisotopic (exact) mass is 305 g/mol. The lowest BCUT2D eigenvalue weighted by molar-refractivity contribution is -0.119. The zero-order valence-electron chi connectivity index (χ0n) is 12.3. The van der Waals surface area contributed by atoms with Crippen molar-refractivity contribution in [1.82, 2.24) is 5.32 Å². The Morgan fingerprint density at radius 3 is 2.48 bits per heavy atom. The molecule has 0 radical (unpaired) electrons. The molecule has 1 aromatic carbocycles. The van der Waals surface area contributed by atoms with Gasteiger partial charge in [-0.2, -0.15) is 0 Å². The predicted octanol–water partition coefficient (Wildman–Crippen LogP) is 2.31. The third kappa shape index (κ3) is 3.80. The molecular formula is C17H23NO2S. The standard InChI is InChI=1S/C17H23NO2S/c19-16(11-21-15-7-3-4-8-15)18-12-17(20)9-13-5-1-2-6-14(13)10-17/h1-2,5-6,15,20H,3-4,7-12H2,(H,18,19). The number of carbonyl (C=O) groups excluding carboxylic acids is 1. The molecule has 1 amide bonds. The second-order valence-electron chi connectivity index (χ2n) is 6.34. The average molecular weight is 305 g/mol. The molecule has 0 unspecified atom stereocenters. The number of hydrogen-bond donors (Lipinski definition) is 2. The maximum absolute atomic E-state index is 11.9. The highest BCUT2D eigenvalue weighted by Gasteiger charge is 2.35. The highest BCUT2D eigenvalue weighted by Crippen LogP contribution is 2.30. The van der Waals surface area contributed by atoms with Crippen molar-refractivity contribution in [1.29, 1.82) is 0 Å². The molecule has 2 aliphatic rings. The molecule has 1 saturated carbocycles. The van der Waals surface area contributed by atoms with Crippen molar-refractivity contribution in [3.05, 3.63) is 35.4 Å². The molecule has 3 rings (SSSR count). The zero-order valence-corrected chi connectivity index (χ0v) is 13.1. The molecule has 0 atom stereocenters. The number of fused-ring (bicyclic) bond motifs is 1. The number of carbonyl (C=O) groups is 1. The Morgan fingerprint density at radius 1 is 1.24 bits per heavy atom. The van der Waals surface area contributed by atoms with Crippen LogP contribution in [0.5, 0.6) is 0 Å². The quantitative estimate of drug-likeness (QED) is 0.877. The van der Waals surface area contributed by atoms with E-state index in [0.717, 1.165) is 0 Å². The molecule has 1 aromatic rings. The molecule has 0 bridgehead atoms. The summed E-state index contributed by atoms with van der Waals surface area (Å²) in [7, 11) is 0. The largest absolute Gasteiger partial charge is 0.387 e. The topological polar surface area (TPSA) is 49.3 Å². The minimum atomic E-state index is -0.808. The summed E-state index contributed by atoms with van der Waals surface area (Å²) in [6, 6.07) is 8.12. The Morgan fingerprint density at radius 2 is 1.86 bits per heavy atom. The Labute approximate surface area is 130 Å². The first-order chi connectivity index (χ1) is 10.1. The second kappa shape index (κ2) is 6.41. The molecule has 0 spiro atoms. The predicted molar refractivity (Wildman–Crippen MR) is 86.5 cm³/mol. The van der Waals surface area contributed by atoms with Crippen LogP contribution >= 0.6 is 11.8 Å². The summed E-state index contributed by atoms with van der Waals surface area (Å²) in [5.74, 6) is 0.574. The van der Waals surface area contributed by atoms with Crippen LogP contribution < -0.4 is 5.32 Å². The van der Waals surface area contributed by atoms with Crippen LogP contribution in [0.15, 0.2) is 24.3 Å². The van der Waals surface area contributed by atoms with Crippen LogP contribution in [0.3, 0.4) is 0 Å². The summed E-state index contributed by atoms with van der Waals surface area (Å²) in [6.45, 7) is 0.353. The Hall–Kier alpha value is -1.00. The van der Waals surface area contributed by atoms with E-state index in [1.54, 1.807) is 11.8 Å². The Kier molecular flexibility index (Phi) is 4.55. The minimum absolute atomic E-state index is 0.0521. The van der Waals surface area contributed by atoms with E-state index in [-0.39, 0.29) is 5.91 Å². The summed E-state index contributed by atoms with van der Waals surface area (Å²) in [6.07, 6.45) is 6.38. The minimum Gasteiger partial charge on any atom is -0.387 e. The highest BCUT2D eigenvalue weighted by molar-refractivity contribution is 8.00. The molecular weight excluding hydrogens is 282 g/mol. The van der Waals surface area contributed by atoms with Crippen LogP contribution in [0.2, 0.25) is 0 Å². The Bertz CT molecular complexity index is 486. The van der Waals surface area contributed by atoms with Gasteiger partial charge in [0.15, 0.2) is 0 Å². The van der Waals surface area contributed by atoms with Crippen LogP contribution in [-0.4, -0.2) is 34.2 Å². The number of amides is 1. The number of thioether (sulfide) groups is 1. The van der Waals surface area contributed by atoms with Gasteiger partial charge in [-0.1, -0.05) is 37.1 Å². The van der Waals surface area contributed by atoms with Gasteiger partial charge < -0.3 is 10.4 Å². The van der Waals surface area contributed by atoms with Gasteiger partial charge in [-0.05, 0) is 24.0 Å². The molecule has 114 valence electrons. The van der Waals surface area contributed by atoms with Crippen molar-refractivity contribution in [2.75, 3.05) is 12.3 Å². The molecule has 3 nitrogen and oxygen atoms in total. The van der Waals surface area contributed by atoms with Crippen molar-refractivity contribution in [3.63, 3.8) is 0 Å². The molecule has 2 aliphatic carbocycles. The first-order valence-corrected chi connectivity index (χ1v) is 8.87. The van der Waals surface area contributed by atoms with Crippen LogP contribution in [0.25, 0.3) is 0 Å². The van der Waals surface area contributed by atoms with Gasteiger partial charge in [0.1, 0.15) is 0 Å². The normalized spacial score (nSPS) is 20.4. The van der Waals surface area contributed by atoms with Crippen LogP contribution in [0, 0.1) is 0 Å². The van der Waals surface area contributed by atoms with Crippen molar-refractivity contribution < 1.29 is 9.90 Å². The van der Waals surface area contributed by atoms with Gasteiger partial charge >= 0.3 is 0 Å². The summed E-state index contributed by atoms with van der Waals surface area (Å²) in [5, 5.41) is 14.2. The van der Waals surface area contributed by atoms with Crippen molar-refractivity contribution in [2.24, 2.45) is 0 Å². The van der Waals surface area contributed by atoms with Crippen LogP contribution in [0.1, 0.15) is 36.8 Å². The molecule has 2 N–H and O–H groups in total. The first kappa shape index (κ1) is 14.9. The fraction of sp³-hybridized carbons (Fsp3) is 0.588. The zero-order chi connectivity index (χ0) is 14.7. The smallest absolute Gasteiger partial charge is 0.230 e. The van der Waals surface area contributed by atoms with E-state index >= 15 is 0 Å². The van der Waals surface area contributed by atoms with E-state index in [9.17, 15) is 9.90 Å². The summed E-state index contributed by atoms with van der Waals surface area (Å²) < 4.78 is 0. The SMILES string of the molecule is O=C(CSC1CCCC1)NCC1(O)Cc2ccccc2C1. The van der Waals surface area contributed by atoms with Crippen LogP contribution in [0.4, 0.5) is 0 Å². The number of aliphatic hydroxyl groups is 1. The van der Waals surface area contributed by atoms with E-state index in [0.29, 0.717) is 30.4 Å². The van der Waals surface area contributed by atoms with E-state index in [1.165, 1.54) is 36.8 Å². The molecule has 0 aliphatic heterocycles. The van der Waals surface area contributed by atoms with E-state index in [4.69, 9.17) is 0 Å². The average Bonchev–Trinajstić information content (AvgIpc) is 3.09. The third-order valence-electron chi connectivity index (χ3n) is 4.52. The second-order valence-corrected chi connectivity index (χ2v) is 7.63. The van der Waals surface area contributed by atoms with Gasteiger partial charge in [-0.15, -0.1) is 11.8 Å². The van der Waals surface area contributed by atoms with Gasteiger partial charge in [-0.3, -0.25) is 4.79 Å². The molecule has 0 saturated heterocycles. The number of rotatable bonds is 5. The molecule has 21 heavy (non-hydrogen) atoms. The van der Waals surface area contributed by atoms with Gasteiger partial charge in [-0.25, -0.2) is 0 Å². The Balaban J connectivity index is 1.43. The summed E-state index contributed by atoms with van der Waals surface area (Å²) >= 11 is 1.77. The van der Waals surface area contributed by atoms with E-state index in [1.807, 2.05) is 12.1 Å². The van der Waals surface area contributed by atoms with Crippen molar-refractivity contribution >= 4 is 17.7 Å². The van der Waals surface area contributed by atoms with Crippen LogP contribution in [-0.2, 0) is 17.6 Å². The maximum atomic E-state index is 11.9. The van der Waals surface area contributed by atoms with Gasteiger partial charge in [0, 0.05) is 24.6 Å².